The van der Waals surface area contributed by atoms with Crippen LogP contribution in [0.15, 0.2) is 6.07 Å². The molecule has 6 nitrogen and oxygen atoms in total. The van der Waals surface area contributed by atoms with Gasteiger partial charge in [0.1, 0.15) is 5.69 Å². The van der Waals surface area contributed by atoms with Gasteiger partial charge in [0.25, 0.3) is 5.91 Å². The number of hydrogen-bond acceptors (Lipinski definition) is 5. The molecule has 1 fully saturated rings. The number of aromatic nitrogens is 2. The van der Waals surface area contributed by atoms with Crippen LogP contribution in [0.2, 0.25) is 0 Å². The standard InChI is InChI=1S/C15H25N5O/c1-5-19-6-8-20(9-7-19)15-17-12(4)10-13(18-15)14(21)16-11(2)3/h10-11H,5-9H2,1-4H3,(H,16,21). The van der Waals surface area contributed by atoms with E-state index in [1.165, 1.54) is 0 Å². The van der Waals surface area contributed by atoms with Crippen LogP contribution < -0.4 is 10.2 Å². The van der Waals surface area contributed by atoms with Gasteiger partial charge in [-0.1, -0.05) is 6.92 Å². The van der Waals surface area contributed by atoms with Crippen LogP contribution in [0.5, 0.6) is 0 Å². The third kappa shape index (κ3) is 4.14. The monoisotopic (exact) mass is 291 g/mol. The highest BCUT2D eigenvalue weighted by molar-refractivity contribution is 5.92. The molecule has 1 aliphatic heterocycles. The molecule has 116 valence electrons. The molecule has 0 bridgehead atoms. The molecule has 1 aliphatic rings. The van der Waals surface area contributed by atoms with Crippen molar-refractivity contribution in [3.05, 3.63) is 17.5 Å². The van der Waals surface area contributed by atoms with E-state index >= 15 is 0 Å². The summed E-state index contributed by atoms with van der Waals surface area (Å²) in [6, 6.07) is 1.84. The Bertz CT molecular complexity index is 495. The number of hydrogen-bond donors (Lipinski definition) is 1. The maximum Gasteiger partial charge on any atom is 0.270 e. The van der Waals surface area contributed by atoms with Crippen LogP contribution in [0.3, 0.4) is 0 Å². The van der Waals surface area contributed by atoms with Gasteiger partial charge in [0.15, 0.2) is 0 Å². The molecule has 0 atom stereocenters. The number of anilines is 1. The highest BCUT2D eigenvalue weighted by atomic mass is 16.1. The average Bonchev–Trinajstić information content (AvgIpc) is 2.46. The molecular weight excluding hydrogens is 266 g/mol. The van der Waals surface area contributed by atoms with Crippen molar-refractivity contribution in [2.45, 2.75) is 33.7 Å². The zero-order valence-corrected chi connectivity index (χ0v) is 13.4. The van der Waals surface area contributed by atoms with Gasteiger partial charge in [-0.2, -0.15) is 0 Å². The topological polar surface area (TPSA) is 61.4 Å². The van der Waals surface area contributed by atoms with Crippen molar-refractivity contribution >= 4 is 11.9 Å². The number of nitrogens with zero attached hydrogens (tertiary/aromatic N) is 4. The van der Waals surface area contributed by atoms with Crippen LogP contribution in [0.4, 0.5) is 5.95 Å². The first kappa shape index (κ1) is 15.7. The lowest BCUT2D eigenvalue weighted by Crippen LogP contribution is -2.47. The van der Waals surface area contributed by atoms with Gasteiger partial charge >= 0.3 is 0 Å². The van der Waals surface area contributed by atoms with Gasteiger partial charge in [-0.05, 0) is 33.4 Å². The van der Waals surface area contributed by atoms with Crippen LogP contribution in [-0.4, -0.2) is 59.5 Å². The van der Waals surface area contributed by atoms with Crippen molar-refractivity contribution in [2.75, 3.05) is 37.6 Å². The number of nitrogens with one attached hydrogen (secondary N) is 1. The summed E-state index contributed by atoms with van der Waals surface area (Å²) >= 11 is 0. The molecule has 1 amide bonds. The molecule has 2 heterocycles. The van der Waals surface area contributed by atoms with E-state index < -0.39 is 0 Å². The summed E-state index contributed by atoms with van der Waals surface area (Å²) < 4.78 is 0. The Hall–Kier alpha value is -1.69. The summed E-state index contributed by atoms with van der Waals surface area (Å²) in [6.07, 6.45) is 0. The van der Waals surface area contributed by atoms with Crippen molar-refractivity contribution < 1.29 is 4.79 Å². The fourth-order valence-corrected chi connectivity index (χ4v) is 2.41. The van der Waals surface area contributed by atoms with E-state index in [2.05, 4.69) is 32.0 Å². The minimum absolute atomic E-state index is 0.101. The molecule has 0 aromatic carbocycles. The van der Waals surface area contributed by atoms with Gasteiger partial charge in [-0.15, -0.1) is 0 Å². The Labute approximate surface area is 126 Å². The number of rotatable bonds is 4. The number of amides is 1. The average molecular weight is 291 g/mol. The van der Waals surface area contributed by atoms with Crippen LogP contribution in [0.25, 0.3) is 0 Å². The first-order valence-corrected chi connectivity index (χ1v) is 7.63. The second-order valence-corrected chi connectivity index (χ2v) is 5.74. The zero-order valence-electron chi connectivity index (χ0n) is 13.4. The lowest BCUT2D eigenvalue weighted by atomic mass is 10.3. The summed E-state index contributed by atoms with van der Waals surface area (Å²) in [7, 11) is 0. The Morgan fingerprint density at radius 3 is 2.52 bits per heavy atom. The van der Waals surface area contributed by atoms with E-state index in [9.17, 15) is 4.79 Å². The first-order valence-electron chi connectivity index (χ1n) is 7.63. The predicted molar refractivity (Wildman–Crippen MR) is 83.7 cm³/mol. The Kier molecular flexibility index (Phi) is 5.12. The van der Waals surface area contributed by atoms with Crippen molar-refractivity contribution in [1.82, 2.24) is 20.2 Å². The Morgan fingerprint density at radius 2 is 1.95 bits per heavy atom. The second kappa shape index (κ2) is 6.85. The van der Waals surface area contributed by atoms with Gasteiger partial charge < -0.3 is 15.1 Å². The normalized spacial score (nSPS) is 16.3. The van der Waals surface area contributed by atoms with Crippen molar-refractivity contribution in [3.63, 3.8) is 0 Å². The van der Waals surface area contributed by atoms with E-state index in [0.717, 1.165) is 38.4 Å². The Morgan fingerprint density at radius 1 is 1.29 bits per heavy atom. The minimum atomic E-state index is -0.135. The molecule has 1 aromatic rings. The van der Waals surface area contributed by atoms with Gasteiger partial charge in [0, 0.05) is 37.9 Å². The number of likely N-dealkylation sites (N-methyl/N-ethyl adjacent to an activating group) is 1. The van der Waals surface area contributed by atoms with Crippen LogP contribution in [-0.2, 0) is 0 Å². The van der Waals surface area contributed by atoms with Crippen LogP contribution >= 0.6 is 0 Å². The van der Waals surface area contributed by atoms with E-state index in [0.29, 0.717) is 11.6 Å². The lowest BCUT2D eigenvalue weighted by molar-refractivity contribution is 0.0938. The molecule has 1 N–H and O–H groups in total. The van der Waals surface area contributed by atoms with Gasteiger partial charge in [0.05, 0.1) is 0 Å². The molecule has 6 heteroatoms. The highest BCUT2D eigenvalue weighted by Gasteiger charge is 2.20. The van der Waals surface area contributed by atoms with E-state index in [1.807, 2.05) is 20.8 Å². The number of carbonyl (C=O) groups excluding carboxylic acids is 1. The molecule has 0 spiro atoms. The molecule has 2 rings (SSSR count). The molecule has 21 heavy (non-hydrogen) atoms. The van der Waals surface area contributed by atoms with E-state index in [-0.39, 0.29) is 11.9 Å². The first-order chi connectivity index (χ1) is 9.99. The fourth-order valence-electron chi connectivity index (χ4n) is 2.41. The molecule has 0 radical (unpaired) electrons. The molecule has 0 saturated carbocycles. The SMILES string of the molecule is CCN1CCN(c2nc(C)cc(C(=O)NC(C)C)n2)CC1. The molecule has 1 saturated heterocycles. The number of carbonyl (C=O) groups is 1. The highest BCUT2D eigenvalue weighted by Crippen LogP contribution is 2.13. The third-order valence-electron chi connectivity index (χ3n) is 3.60. The van der Waals surface area contributed by atoms with Crippen molar-refractivity contribution in [3.8, 4) is 0 Å². The fraction of sp³-hybridized carbons (Fsp3) is 0.667. The van der Waals surface area contributed by atoms with E-state index in [1.54, 1.807) is 6.07 Å². The second-order valence-electron chi connectivity index (χ2n) is 5.74. The maximum absolute atomic E-state index is 12.1. The van der Waals surface area contributed by atoms with Gasteiger partial charge in [0.2, 0.25) is 5.95 Å². The maximum atomic E-state index is 12.1. The zero-order chi connectivity index (χ0) is 15.4. The predicted octanol–water partition coefficient (Wildman–Crippen LogP) is 1.07. The summed E-state index contributed by atoms with van der Waals surface area (Å²) in [4.78, 5) is 25.6. The van der Waals surface area contributed by atoms with Crippen molar-refractivity contribution in [1.29, 1.82) is 0 Å². The largest absolute Gasteiger partial charge is 0.349 e. The molecule has 0 aliphatic carbocycles. The van der Waals surface area contributed by atoms with Crippen molar-refractivity contribution in [2.24, 2.45) is 0 Å². The third-order valence-corrected chi connectivity index (χ3v) is 3.60. The summed E-state index contributed by atoms with van der Waals surface area (Å²) in [5.41, 5.74) is 1.27. The summed E-state index contributed by atoms with van der Waals surface area (Å²) in [5, 5.41) is 2.88. The summed E-state index contributed by atoms with van der Waals surface area (Å²) in [5.74, 6) is 0.531. The van der Waals surface area contributed by atoms with E-state index in [4.69, 9.17) is 0 Å². The summed E-state index contributed by atoms with van der Waals surface area (Å²) in [6.45, 7) is 12.9. The van der Waals surface area contributed by atoms with Gasteiger partial charge in [-0.3, -0.25) is 4.79 Å². The molecule has 0 unspecified atom stereocenters. The quantitative estimate of drug-likeness (QED) is 0.899. The number of aryl methyl sites for hydroxylation is 1. The smallest absolute Gasteiger partial charge is 0.270 e. The molecular formula is C15H25N5O. The number of piperazine rings is 1. The minimum Gasteiger partial charge on any atom is -0.349 e. The Balaban J connectivity index is 2.14. The van der Waals surface area contributed by atoms with Crippen LogP contribution in [0, 0.1) is 6.92 Å². The lowest BCUT2D eigenvalue weighted by Gasteiger charge is -2.34. The van der Waals surface area contributed by atoms with Crippen LogP contribution in [0.1, 0.15) is 37.0 Å². The van der Waals surface area contributed by atoms with Gasteiger partial charge in [-0.25, -0.2) is 9.97 Å². The molecule has 1 aromatic heterocycles.